The molecule has 1 amide bonds. The number of rotatable bonds is 4. The number of ether oxygens (including phenoxy) is 1. The lowest BCUT2D eigenvalue weighted by atomic mass is 10.1. The quantitative estimate of drug-likeness (QED) is 0.920. The third kappa shape index (κ3) is 3.12. The van der Waals surface area contributed by atoms with Crippen LogP contribution in [0.1, 0.15) is 22.0 Å². The minimum atomic E-state index is -0.738. The van der Waals surface area contributed by atoms with Gasteiger partial charge in [0.05, 0.1) is 18.7 Å². The first-order valence-corrected chi connectivity index (χ1v) is 5.99. The molecule has 20 heavy (non-hydrogen) atoms. The van der Waals surface area contributed by atoms with Gasteiger partial charge in [-0.3, -0.25) is 9.78 Å². The number of carbonyl (C=O) groups excluding carboxylic acids is 1. The predicted molar refractivity (Wildman–Crippen MR) is 73.1 cm³/mol. The Hall–Kier alpha value is -2.87. The van der Waals surface area contributed by atoms with E-state index in [0.29, 0.717) is 16.9 Å². The molecule has 5 heteroatoms. The number of nitrogens with one attached hydrogen (secondary N) is 1. The van der Waals surface area contributed by atoms with Crippen molar-refractivity contribution in [2.24, 2.45) is 0 Å². The summed E-state index contributed by atoms with van der Waals surface area (Å²) in [6.45, 7) is 0. The van der Waals surface area contributed by atoms with Crippen molar-refractivity contribution in [3.8, 4) is 11.8 Å². The third-order valence-corrected chi connectivity index (χ3v) is 2.76. The lowest BCUT2D eigenvalue weighted by molar-refractivity contribution is 0.0944. The Morgan fingerprint density at radius 1 is 1.40 bits per heavy atom. The number of carbonyl (C=O) groups is 1. The fourth-order valence-corrected chi connectivity index (χ4v) is 1.72. The van der Waals surface area contributed by atoms with Gasteiger partial charge in [0.25, 0.3) is 5.91 Å². The Labute approximate surface area is 116 Å². The highest BCUT2D eigenvalue weighted by Crippen LogP contribution is 2.19. The number of nitrogens with zero attached hydrogens (tertiary/aromatic N) is 2. The number of nitriles is 1. The molecule has 5 nitrogen and oxygen atoms in total. The van der Waals surface area contributed by atoms with Gasteiger partial charge in [0.15, 0.2) is 0 Å². The van der Waals surface area contributed by atoms with E-state index >= 15 is 0 Å². The number of hydrogen-bond donors (Lipinski definition) is 1. The van der Waals surface area contributed by atoms with E-state index in [4.69, 9.17) is 4.74 Å². The Morgan fingerprint density at radius 3 is 2.90 bits per heavy atom. The van der Waals surface area contributed by atoms with E-state index in [-0.39, 0.29) is 5.91 Å². The van der Waals surface area contributed by atoms with E-state index in [1.54, 1.807) is 49.7 Å². The van der Waals surface area contributed by atoms with Crippen LogP contribution in [-0.2, 0) is 0 Å². The lowest BCUT2D eigenvalue weighted by Crippen LogP contribution is -2.27. The van der Waals surface area contributed by atoms with E-state index in [1.165, 1.54) is 6.20 Å². The third-order valence-electron chi connectivity index (χ3n) is 2.76. The van der Waals surface area contributed by atoms with Crippen LogP contribution in [0.2, 0.25) is 0 Å². The summed E-state index contributed by atoms with van der Waals surface area (Å²) in [7, 11) is 1.55. The van der Waals surface area contributed by atoms with Gasteiger partial charge < -0.3 is 10.1 Å². The smallest absolute Gasteiger partial charge is 0.254 e. The first kappa shape index (κ1) is 13.6. The largest absolute Gasteiger partial charge is 0.497 e. The number of pyridine rings is 1. The summed E-state index contributed by atoms with van der Waals surface area (Å²) in [6, 6.07) is 11.7. The van der Waals surface area contributed by atoms with Crippen molar-refractivity contribution in [2.75, 3.05) is 7.11 Å². The second-order valence-electron chi connectivity index (χ2n) is 4.05. The van der Waals surface area contributed by atoms with Crippen molar-refractivity contribution in [1.82, 2.24) is 10.3 Å². The van der Waals surface area contributed by atoms with Gasteiger partial charge >= 0.3 is 0 Å². The molecule has 2 rings (SSSR count). The number of hydrogen-bond acceptors (Lipinski definition) is 4. The number of benzene rings is 1. The van der Waals surface area contributed by atoms with Crippen LogP contribution in [0.15, 0.2) is 48.8 Å². The van der Waals surface area contributed by atoms with Gasteiger partial charge in [0.1, 0.15) is 11.8 Å². The first-order valence-electron chi connectivity index (χ1n) is 5.99. The summed E-state index contributed by atoms with van der Waals surface area (Å²) in [5.74, 6) is 0.297. The van der Waals surface area contributed by atoms with Crippen LogP contribution in [-0.4, -0.2) is 18.0 Å². The molecule has 1 N–H and O–H groups in total. The molecule has 0 saturated carbocycles. The minimum absolute atomic E-state index is 0.340. The molecular weight excluding hydrogens is 254 g/mol. The van der Waals surface area contributed by atoms with Crippen LogP contribution in [0.25, 0.3) is 0 Å². The maximum absolute atomic E-state index is 12.0. The first-order chi connectivity index (χ1) is 9.74. The average Bonchev–Trinajstić information content (AvgIpc) is 2.53. The second kappa shape index (κ2) is 6.34. The van der Waals surface area contributed by atoms with E-state index < -0.39 is 6.04 Å². The van der Waals surface area contributed by atoms with Gasteiger partial charge in [-0.1, -0.05) is 12.1 Å². The summed E-state index contributed by atoms with van der Waals surface area (Å²) in [6.07, 6.45) is 3.04. The van der Waals surface area contributed by atoms with Crippen molar-refractivity contribution in [2.45, 2.75) is 6.04 Å². The van der Waals surface area contributed by atoms with Crippen LogP contribution in [0.5, 0.6) is 5.75 Å². The van der Waals surface area contributed by atoms with Crippen LogP contribution < -0.4 is 10.1 Å². The van der Waals surface area contributed by atoms with Crippen molar-refractivity contribution in [3.63, 3.8) is 0 Å². The van der Waals surface area contributed by atoms with Crippen molar-refractivity contribution in [1.29, 1.82) is 5.26 Å². The molecule has 0 spiro atoms. The molecule has 0 saturated heterocycles. The molecule has 1 aromatic heterocycles. The molecule has 100 valence electrons. The topological polar surface area (TPSA) is 75.0 Å². The van der Waals surface area contributed by atoms with Crippen molar-refractivity contribution >= 4 is 5.91 Å². The summed E-state index contributed by atoms with van der Waals surface area (Å²) < 4.78 is 5.11. The maximum Gasteiger partial charge on any atom is 0.254 e. The fourth-order valence-electron chi connectivity index (χ4n) is 1.72. The standard InChI is InChI=1S/C15H13N3O2/c1-20-13-6-2-4-11(8-13)14(9-16)18-15(19)12-5-3-7-17-10-12/h2-8,10,14H,1H3,(H,18,19). The number of aromatic nitrogens is 1. The van der Waals surface area contributed by atoms with Gasteiger partial charge in [0, 0.05) is 12.4 Å². The highest BCUT2D eigenvalue weighted by molar-refractivity contribution is 5.94. The molecule has 0 aliphatic rings. The summed E-state index contributed by atoms with van der Waals surface area (Å²) in [5, 5.41) is 11.9. The Bertz CT molecular complexity index is 635. The van der Waals surface area contributed by atoms with Gasteiger partial charge in [-0.2, -0.15) is 5.26 Å². The Kier molecular flexibility index (Phi) is 4.30. The summed E-state index contributed by atoms with van der Waals surface area (Å²) in [5.41, 5.74) is 1.08. The monoisotopic (exact) mass is 267 g/mol. The van der Waals surface area contributed by atoms with Gasteiger partial charge in [-0.05, 0) is 29.8 Å². The minimum Gasteiger partial charge on any atom is -0.497 e. The van der Waals surface area contributed by atoms with E-state index in [0.717, 1.165) is 0 Å². The summed E-state index contributed by atoms with van der Waals surface area (Å²) in [4.78, 5) is 15.9. The molecule has 0 radical (unpaired) electrons. The molecule has 0 bridgehead atoms. The zero-order valence-corrected chi connectivity index (χ0v) is 10.9. The Balaban J connectivity index is 2.17. The zero-order valence-electron chi connectivity index (χ0n) is 10.9. The van der Waals surface area contributed by atoms with E-state index in [1.807, 2.05) is 0 Å². The average molecular weight is 267 g/mol. The Morgan fingerprint density at radius 2 is 2.25 bits per heavy atom. The number of methoxy groups -OCH3 is 1. The fraction of sp³-hybridized carbons (Fsp3) is 0.133. The lowest BCUT2D eigenvalue weighted by Gasteiger charge is -2.12. The van der Waals surface area contributed by atoms with E-state index in [9.17, 15) is 10.1 Å². The highest BCUT2D eigenvalue weighted by atomic mass is 16.5. The molecule has 2 aromatic rings. The molecule has 1 atom stereocenters. The molecule has 1 aromatic carbocycles. The van der Waals surface area contributed by atoms with Crippen LogP contribution in [0, 0.1) is 11.3 Å². The second-order valence-corrected chi connectivity index (χ2v) is 4.05. The number of amides is 1. The van der Waals surface area contributed by atoms with Crippen molar-refractivity contribution < 1.29 is 9.53 Å². The van der Waals surface area contributed by atoms with Crippen LogP contribution >= 0.6 is 0 Å². The van der Waals surface area contributed by atoms with Crippen LogP contribution in [0.4, 0.5) is 0 Å². The molecule has 0 aliphatic heterocycles. The van der Waals surface area contributed by atoms with Crippen LogP contribution in [0.3, 0.4) is 0 Å². The normalized spacial score (nSPS) is 11.2. The maximum atomic E-state index is 12.0. The van der Waals surface area contributed by atoms with Crippen molar-refractivity contribution in [3.05, 3.63) is 59.9 Å². The highest BCUT2D eigenvalue weighted by Gasteiger charge is 2.15. The zero-order chi connectivity index (χ0) is 14.4. The van der Waals surface area contributed by atoms with E-state index in [2.05, 4.69) is 16.4 Å². The van der Waals surface area contributed by atoms with Gasteiger partial charge in [-0.25, -0.2) is 0 Å². The molecule has 0 aliphatic carbocycles. The molecule has 1 heterocycles. The molecule has 0 fully saturated rings. The SMILES string of the molecule is COc1cccc(C(C#N)NC(=O)c2cccnc2)c1. The molecular formula is C15H13N3O2. The molecule has 1 unspecified atom stereocenters. The van der Waals surface area contributed by atoms with Gasteiger partial charge in [-0.15, -0.1) is 0 Å². The predicted octanol–water partition coefficient (Wildman–Crippen LogP) is 2.08. The van der Waals surface area contributed by atoms with Gasteiger partial charge in [0.2, 0.25) is 0 Å². The summed E-state index contributed by atoms with van der Waals surface area (Å²) >= 11 is 0.